The second-order valence-corrected chi connectivity index (χ2v) is 3.13. The van der Waals surface area contributed by atoms with Crippen LogP contribution in [-0.4, -0.2) is 33.6 Å². The lowest BCUT2D eigenvalue weighted by Gasteiger charge is -2.05. The highest BCUT2D eigenvalue weighted by Gasteiger charge is 2.09. The van der Waals surface area contributed by atoms with Gasteiger partial charge in [-0.3, -0.25) is 0 Å². The molecule has 2 N–H and O–H groups in total. The molecule has 0 aliphatic heterocycles. The van der Waals surface area contributed by atoms with Gasteiger partial charge in [0.05, 0.1) is 12.9 Å². The van der Waals surface area contributed by atoms with E-state index >= 15 is 0 Å². The lowest BCUT2D eigenvalue weighted by Crippen LogP contribution is -2.03. The van der Waals surface area contributed by atoms with Crippen molar-refractivity contribution in [2.24, 2.45) is 0 Å². The van der Waals surface area contributed by atoms with Crippen LogP contribution < -0.4 is 10.1 Å². The summed E-state index contributed by atoms with van der Waals surface area (Å²) < 4.78 is 5.53. The summed E-state index contributed by atoms with van der Waals surface area (Å²) in [4.78, 5) is 15.4. The van der Waals surface area contributed by atoms with Crippen molar-refractivity contribution in [2.45, 2.75) is 6.42 Å². The Morgan fingerprint density at radius 2 is 2.44 bits per heavy atom. The first-order chi connectivity index (χ1) is 7.85. The predicted molar refractivity (Wildman–Crippen MR) is 61.5 cm³/mol. The molecular formula is C10H13N5O. The van der Waals surface area contributed by atoms with E-state index in [1.807, 2.05) is 0 Å². The van der Waals surface area contributed by atoms with E-state index in [0.717, 1.165) is 6.42 Å². The second-order valence-electron chi connectivity index (χ2n) is 3.13. The fourth-order valence-corrected chi connectivity index (χ4v) is 1.26. The number of fused-ring (bicyclic) bond motifs is 1. The molecular weight excluding hydrogens is 206 g/mol. The standard InChI is InChI=1S/C10H13N5O/c1-3-4-5-16-9-7-8(13-6-12-7)14-10(11-2)15-9/h3,6H,1,4-5H2,2H3,(H2,11,12,13,14,15). The minimum Gasteiger partial charge on any atom is -0.476 e. The smallest absolute Gasteiger partial charge is 0.245 e. The van der Waals surface area contributed by atoms with Crippen molar-refractivity contribution >= 4 is 17.1 Å². The van der Waals surface area contributed by atoms with Crippen molar-refractivity contribution in [2.75, 3.05) is 19.0 Å². The van der Waals surface area contributed by atoms with Crippen LogP contribution in [0.25, 0.3) is 11.2 Å². The number of nitrogens with zero attached hydrogens (tertiary/aromatic N) is 3. The molecule has 84 valence electrons. The van der Waals surface area contributed by atoms with Gasteiger partial charge in [-0.25, -0.2) is 4.98 Å². The van der Waals surface area contributed by atoms with Crippen LogP contribution in [0, 0.1) is 0 Å². The number of nitrogens with one attached hydrogen (secondary N) is 2. The van der Waals surface area contributed by atoms with Crippen molar-refractivity contribution in [1.29, 1.82) is 0 Å². The lowest BCUT2D eigenvalue weighted by atomic mass is 10.4. The number of H-pyrrole nitrogens is 1. The Morgan fingerprint density at radius 3 is 3.19 bits per heavy atom. The molecule has 0 unspecified atom stereocenters. The largest absolute Gasteiger partial charge is 0.476 e. The van der Waals surface area contributed by atoms with Crippen molar-refractivity contribution in [3.63, 3.8) is 0 Å². The van der Waals surface area contributed by atoms with Gasteiger partial charge in [-0.15, -0.1) is 6.58 Å². The Balaban J connectivity index is 2.32. The quantitative estimate of drug-likeness (QED) is 0.586. The molecule has 6 heteroatoms. The average Bonchev–Trinajstić information content (AvgIpc) is 2.77. The van der Waals surface area contributed by atoms with E-state index in [4.69, 9.17) is 4.74 Å². The molecule has 2 aromatic rings. The molecule has 0 atom stereocenters. The van der Waals surface area contributed by atoms with E-state index in [-0.39, 0.29) is 0 Å². The van der Waals surface area contributed by atoms with Gasteiger partial charge in [-0.2, -0.15) is 9.97 Å². The van der Waals surface area contributed by atoms with Gasteiger partial charge in [-0.05, 0) is 6.42 Å². The molecule has 0 saturated carbocycles. The van der Waals surface area contributed by atoms with Gasteiger partial charge in [0.1, 0.15) is 5.52 Å². The van der Waals surface area contributed by atoms with Gasteiger partial charge in [0.2, 0.25) is 11.8 Å². The van der Waals surface area contributed by atoms with E-state index in [2.05, 4.69) is 31.8 Å². The maximum Gasteiger partial charge on any atom is 0.245 e. The molecule has 0 bridgehead atoms. The normalized spacial score (nSPS) is 10.3. The monoisotopic (exact) mass is 219 g/mol. The molecule has 2 rings (SSSR count). The number of hydrogen-bond acceptors (Lipinski definition) is 5. The summed E-state index contributed by atoms with van der Waals surface area (Å²) in [5.41, 5.74) is 1.30. The molecule has 0 aliphatic rings. The molecule has 0 fully saturated rings. The van der Waals surface area contributed by atoms with Crippen molar-refractivity contribution in [1.82, 2.24) is 19.9 Å². The van der Waals surface area contributed by atoms with E-state index in [1.165, 1.54) is 0 Å². The zero-order valence-corrected chi connectivity index (χ0v) is 9.03. The summed E-state index contributed by atoms with van der Waals surface area (Å²) >= 11 is 0. The number of ether oxygens (including phenoxy) is 1. The van der Waals surface area contributed by atoms with Gasteiger partial charge in [0, 0.05) is 7.05 Å². The van der Waals surface area contributed by atoms with Crippen LogP contribution in [0.2, 0.25) is 0 Å². The molecule has 0 aromatic carbocycles. The number of hydrogen-bond donors (Lipinski definition) is 2. The highest BCUT2D eigenvalue weighted by Crippen LogP contribution is 2.20. The Kier molecular flexibility index (Phi) is 3.00. The van der Waals surface area contributed by atoms with Gasteiger partial charge in [-0.1, -0.05) is 6.08 Å². The maximum atomic E-state index is 5.53. The summed E-state index contributed by atoms with van der Waals surface area (Å²) in [6.07, 6.45) is 4.14. The molecule has 0 amide bonds. The molecule has 0 saturated heterocycles. The fourth-order valence-electron chi connectivity index (χ4n) is 1.26. The highest BCUT2D eigenvalue weighted by molar-refractivity contribution is 5.76. The van der Waals surface area contributed by atoms with Gasteiger partial charge >= 0.3 is 0 Å². The third-order valence-electron chi connectivity index (χ3n) is 2.04. The zero-order valence-electron chi connectivity index (χ0n) is 9.03. The number of rotatable bonds is 5. The maximum absolute atomic E-state index is 5.53. The number of aromatic nitrogens is 4. The minimum atomic E-state index is 0.494. The summed E-state index contributed by atoms with van der Waals surface area (Å²) in [6, 6.07) is 0. The predicted octanol–water partition coefficient (Wildman–Crippen LogP) is 1.35. The molecule has 2 aromatic heterocycles. The topological polar surface area (TPSA) is 75.7 Å². The van der Waals surface area contributed by atoms with Crippen LogP contribution >= 0.6 is 0 Å². The molecule has 6 nitrogen and oxygen atoms in total. The second kappa shape index (κ2) is 4.61. The van der Waals surface area contributed by atoms with Crippen molar-refractivity contribution in [3.8, 4) is 5.88 Å². The van der Waals surface area contributed by atoms with Crippen molar-refractivity contribution in [3.05, 3.63) is 19.0 Å². The zero-order chi connectivity index (χ0) is 11.4. The summed E-state index contributed by atoms with van der Waals surface area (Å²) in [5.74, 6) is 1.00. The first-order valence-corrected chi connectivity index (χ1v) is 4.97. The minimum absolute atomic E-state index is 0.494. The Morgan fingerprint density at radius 1 is 1.56 bits per heavy atom. The van der Waals surface area contributed by atoms with Gasteiger partial charge in [0.15, 0.2) is 5.65 Å². The molecule has 0 spiro atoms. The van der Waals surface area contributed by atoms with Crippen LogP contribution in [0.4, 0.5) is 5.95 Å². The van der Waals surface area contributed by atoms with Gasteiger partial charge < -0.3 is 15.0 Å². The molecule has 16 heavy (non-hydrogen) atoms. The van der Waals surface area contributed by atoms with E-state index in [0.29, 0.717) is 29.6 Å². The number of aromatic amines is 1. The summed E-state index contributed by atoms with van der Waals surface area (Å²) in [7, 11) is 1.75. The third-order valence-corrected chi connectivity index (χ3v) is 2.04. The first-order valence-electron chi connectivity index (χ1n) is 4.97. The van der Waals surface area contributed by atoms with E-state index in [1.54, 1.807) is 19.5 Å². The number of anilines is 1. The van der Waals surface area contributed by atoms with E-state index in [9.17, 15) is 0 Å². The van der Waals surface area contributed by atoms with Gasteiger partial charge in [0.25, 0.3) is 0 Å². The highest BCUT2D eigenvalue weighted by atomic mass is 16.5. The average molecular weight is 219 g/mol. The lowest BCUT2D eigenvalue weighted by molar-refractivity contribution is 0.316. The van der Waals surface area contributed by atoms with Crippen molar-refractivity contribution < 1.29 is 4.74 Å². The van der Waals surface area contributed by atoms with Crippen LogP contribution in [0.15, 0.2) is 19.0 Å². The summed E-state index contributed by atoms with van der Waals surface area (Å²) in [5, 5.41) is 2.86. The van der Waals surface area contributed by atoms with E-state index < -0.39 is 0 Å². The molecule has 0 radical (unpaired) electrons. The van der Waals surface area contributed by atoms with Crippen LogP contribution in [0.1, 0.15) is 6.42 Å². The SMILES string of the molecule is C=CCCOc1nc(NC)nc2nc[nH]c12. The Hall–Kier alpha value is -2.11. The third kappa shape index (κ3) is 1.95. The summed E-state index contributed by atoms with van der Waals surface area (Å²) in [6.45, 7) is 4.17. The van der Waals surface area contributed by atoms with Crippen LogP contribution in [0.5, 0.6) is 5.88 Å². The van der Waals surface area contributed by atoms with Crippen LogP contribution in [0.3, 0.4) is 0 Å². The molecule has 2 heterocycles. The first kappa shape index (κ1) is 10.4. The van der Waals surface area contributed by atoms with Crippen LogP contribution in [-0.2, 0) is 0 Å². The Bertz CT molecular complexity index is 493. The molecule has 0 aliphatic carbocycles. The number of imidazole rings is 1. The Labute approximate surface area is 92.8 Å². The fraction of sp³-hybridized carbons (Fsp3) is 0.300.